The standard InChI is InChI=1S/C10H15ClN4.ClH/c1-7-5-9(11)15-10(13-7)14-8-3-2-4-12-6-8;/h5,8,12H,2-4,6H2,1H3,(H,13,14,15);1H/t8-;/m1./s1. The van der Waals surface area contributed by atoms with Gasteiger partial charge in [0.2, 0.25) is 5.95 Å². The average molecular weight is 263 g/mol. The van der Waals surface area contributed by atoms with Crippen LogP contribution in [0.5, 0.6) is 0 Å². The van der Waals surface area contributed by atoms with Gasteiger partial charge in [0.05, 0.1) is 0 Å². The Morgan fingerprint density at radius 2 is 2.31 bits per heavy atom. The van der Waals surface area contributed by atoms with E-state index >= 15 is 0 Å². The van der Waals surface area contributed by atoms with Crippen LogP contribution in [0, 0.1) is 6.92 Å². The Bertz CT molecular complexity index is 319. The first-order valence-corrected chi connectivity index (χ1v) is 5.60. The molecule has 1 aliphatic heterocycles. The van der Waals surface area contributed by atoms with Crippen molar-refractivity contribution in [3.05, 3.63) is 16.9 Å². The number of aryl methyl sites for hydroxylation is 1. The van der Waals surface area contributed by atoms with Gasteiger partial charge in [-0.05, 0) is 32.4 Å². The molecule has 0 bridgehead atoms. The summed E-state index contributed by atoms with van der Waals surface area (Å²) in [5.74, 6) is 0.633. The number of nitrogens with zero attached hydrogens (tertiary/aromatic N) is 2. The smallest absolute Gasteiger partial charge is 0.224 e. The lowest BCUT2D eigenvalue weighted by atomic mass is 10.1. The third-order valence-electron chi connectivity index (χ3n) is 2.45. The van der Waals surface area contributed by atoms with Gasteiger partial charge < -0.3 is 10.6 Å². The normalized spacial score (nSPS) is 20.0. The fourth-order valence-electron chi connectivity index (χ4n) is 1.75. The zero-order valence-electron chi connectivity index (χ0n) is 9.16. The number of piperidine rings is 1. The second-order valence-electron chi connectivity index (χ2n) is 3.84. The molecule has 2 rings (SSSR count). The van der Waals surface area contributed by atoms with Gasteiger partial charge in [0.15, 0.2) is 0 Å². The number of aromatic nitrogens is 2. The van der Waals surface area contributed by atoms with E-state index in [9.17, 15) is 0 Å². The summed E-state index contributed by atoms with van der Waals surface area (Å²) in [4.78, 5) is 8.44. The minimum absolute atomic E-state index is 0. The fraction of sp³-hybridized carbons (Fsp3) is 0.600. The topological polar surface area (TPSA) is 49.8 Å². The van der Waals surface area contributed by atoms with Gasteiger partial charge in [0.25, 0.3) is 0 Å². The number of nitrogens with one attached hydrogen (secondary N) is 2. The lowest BCUT2D eigenvalue weighted by molar-refractivity contribution is 0.478. The molecule has 1 aliphatic rings. The van der Waals surface area contributed by atoms with E-state index in [0.29, 0.717) is 17.1 Å². The molecule has 1 fully saturated rings. The highest BCUT2D eigenvalue weighted by atomic mass is 35.5. The summed E-state index contributed by atoms with van der Waals surface area (Å²) < 4.78 is 0. The SMILES string of the molecule is Cc1cc(Cl)nc(N[C@@H]2CCCNC2)n1.Cl. The van der Waals surface area contributed by atoms with Gasteiger partial charge in [0, 0.05) is 18.3 Å². The molecule has 2 N–H and O–H groups in total. The van der Waals surface area contributed by atoms with Gasteiger partial charge in [-0.3, -0.25) is 0 Å². The molecule has 1 aromatic rings. The first-order valence-electron chi connectivity index (χ1n) is 5.22. The van der Waals surface area contributed by atoms with E-state index in [-0.39, 0.29) is 12.4 Å². The molecule has 90 valence electrons. The summed E-state index contributed by atoms with van der Waals surface area (Å²) >= 11 is 5.86. The van der Waals surface area contributed by atoms with Crippen LogP contribution in [-0.4, -0.2) is 29.1 Å². The molecule has 0 aromatic carbocycles. The first-order chi connectivity index (χ1) is 7.24. The molecule has 0 saturated carbocycles. The molecule has 1 saturated heterocycles. The molecule has 0 radical (unpaired) electrons. The highest BCUT2D eigenvalue weighted by molar-refractivity contribution is 6.29. The molecule has 2 heterocycles. The summed E-state index contributed by atoms with van der Waals surface area (Å²) in [6.45, 7) is 3.99. The van der Waals surface area contributed by atoms with Crippen molar-refractivity contribution in [1.82, 2.24) is 15.3 Å². The van der Waals surface area contributed by atoms with E-state index in [2.05, 4.69) is 20.6 Å². The van der Waals surface area contributed by atoms with Gasteiger partial charge in [-0.15, -0.1) is 12.4 Å². The summed E-state index contributed by atoms with van der Waals surface area (Å²) in [6.07, 6.45) is 2.35. The second kappa shape index (κ2) is 6.23. The maximum Gasteiger partial charge on any atom is 0.224 e. The Morgan fingerprint density at radius 1 is 1.50 bits per heavy atom. The van der Waals surface area contributed by atoms with Gasteiger partial charge in [0.1, 0.15) is 5.15 Å². The van der Waals surface area contributed by atoms with Crippen LogP contribution in [0.3, 0.4) is 0 Å². The van der Waals surface area contributed by atoms with E-state index in [1.165, 1.54) is 6.42 Å². The van der Waals surface area contributed by atoms with Crippen LogP contribution in [0.25, 0.3) is 0 Å². The number of hydrogen-bond acceptors (Lipinski definition) is 4. The Balaban J connectivity index is 0.00000128. The molecular formula is C10H16Cl2N4. The van der Waals surface area contributed by atoms with Crippen molar-refractivity contribution in [2.75, 3.05) is 18.4 Å². The quantitative estimate of drug-likeness (QED) is 0.801. The molecule has 6 heteroatoms. The van der Waals surface area contributed by atoms with Gasteiger partial charge in [-0.1, -0.05) is 11.6 Å². The molecule has 1 aromatic heterocycles. The van der Waals surface area contributed by atoms with Crippen LogP contribution in [0.15, 0.2) is 6.07 Å². The van der Waals surface area contributed by atoms with Crippen LogP contribution in [-0.2, 0) is 0 Å². The lowest BCUT2D eigenvalue weighted by Gasteiger charge is -2.23. The molecular weight excluding hydrogens is 247 g/mol. The maximum absolute atomic E-state index is 5.86. The summed E-state index contributed by atoms with van der Waals surface area (Å²) in [6, 6.07) is 2.17. The van der Waals surface area contributed by atoms with Crippen molar-refractivity contribution in [2.24, 2.45) is 0 Å². The van der Waals surface area contributed by atoms with Gasteiger partial charge in [-0.25, -0.2) is 9.97 Å². The van der Waals surface area contributed by atoms with Gasteiger partial charge >= 0.3 is 0 Å². The van der Waals surface area contributed by atoms with E-state index in [1.54, 1.807) is 6.07 Å². The van der Waals surface area contributed by atoms with Crippen LogP contribution in [0.2, 0.25) is 5.15 Å². The van der Waals surface area contributed by atoms with Crippen molar-refractivity contribution >= 4 is 30.0 Å². The molecule has 0 spiro atoms. The third kappa shape index (κ3) is 3.77. The second-order valence-corrected chi connectivity index (χ2v) is 4.23. The molecule has 0 unspecified atom stereocenters. The predicted molar refractivity (Wildman–Crippen MR) is 68.5 cm³/mol. The van der Waals surface area contributed by atoms with Gasteiger partial charge in [-0.2, -0.15) is 0 Å². The fourth-order valence-corrected chi connectivity index (χ4v) is 1.99. The van der Waals surface area contributed by atoms with Crippen LogP contribution >= 0.6 is 24.0 Å². The summed E-state index contributed by atoms with van der Waals surface area (Å²) in [5, 5.41) is 7.12. The molecule has 0 amide bonds. The average Bonchev–Trinajstić information content (AvgIpc) is 2.17. The minimum atomic E-state index is 0. The Labute approximate surface area is 107 Å². The van der Waals surface area contributed by atoms with Crippen molar-refractivity contribution in [1.29, 1.82) is 0 Å². The van der Waals surface area contributed by atoms with Crippen molar-refractivity contribution in [3.63, 3.8) is 0 Å². The van der Waals surface area contributed by atoms with Crippen molar-refractivity contribution in [2.45, 2.75) is 25.8 Å². The van der Waals surface area contributed by atoms with Crippen LogP contribution in [0.4, 0.5) is 5.95 Å². The number of halogens is 2. The van der Waals surface area contributed by atoms with E-state index < -0.39 is 0 Å². The molecule has 0 aliphatic carbocycles. The predicted octanol–water partition coefficient (Wildman–Crippen LogP) is 2.02. The summed E-state index contributed by atoms with van der Waals surface area (Å²) in [7, 11) is 0. The molecule has 16 heavy (non-hydrogen) atoms. The Kier molecular flexibility index (Phi) is 5.25. The van der Waals surface area contributed by atoms with E-state index in [4.69, 9.17) is 11.6 Å². The van der Waals surface area contributed by atoms with Crippen molar-refractivity contribution < 1.29 is 0 Å². The lowest BCUT2D eigenvalue weighted by Crippen LogP contribution is -2.38. The maximum atomic E-state index is 5.86. The van der Waals surface area contributed by atoms with E-state index in [0.717, 1.165) is 25.2 Å². The first kappa shape index (κ1) is 13.5. The van der Waals surface area contributed by atoms with Crippen LogP contribution < -0.4 is 10.6 Å². The highest BCUT2D eigenvalue weighted by Crippen LogP contribution is 2.12. The number of hydrogen-bond donors (Lipinski definition) is 2. The minimum Gasteiger partial charge on any atom is -0.350 e. The monoisotopic (exact) mass is 262 g/mol. The number of rotatable bonds is 2. The largest absolute Gasteiger partial charge is 0.350 e. The molecule has 1 atom stereocenters. The zero-order chi connectivity index (χ0) is 10.7. The van der Waals surface area contributed by atoms with Crippen LogP contribution in [0.1, 0.15) is 18.5 Å². The Morgan fingerprint density at radius 3 is 2.94 bits per heavy atom. The number of anilines is 1. The third-order valence-corrected chi connectivity index (χ3v) is 2.65. The highest BCUT2D eigenvalue weighted by Gasteiger charge is 2.13. The Hall–Kier alpha value is -0.580. The summed E-state index contributed by atoms with van der Waals surface area (Å²) in [5.41, 5.74) is 0.890. The molecule has 4 nitrogen and oxygen atoms in total. The zero-order valence-corrected chi connectivity index (χ0v) is 10.7. The van der Waals surface area contributed by atoms with Crippen molar-refractivity contribution in [3.8, 4) is 0 Å². The van der Waals surface area contributed by atoms with E-state index in [1.807, 2.05) is 6.92 Å².